The number of ether oxygens (including phenoxy) is 1. The lowest BCUT2D eigenvalue weighted by atomic mass is 10.0. The van der Waals surface area contributed by atoms with Gasteiger partial charge in [-0.15, -0.1) is 0 Å². The molecule has 0 bridgehead atoms. The topological polar surface area (TPSA) is 121 Å². The number of carbonyl (C=O) groups excluding carboxylic acids is 1. The molecule has 0 aliphatic rings. The predicted octanol–water partition coefficient (Wildman–Crippen LogP) is 4.10. The van der Waals surface area contributed by atoms with E-state index in [4.69, 9.17) is 15.7 Å². The van der Waals surface area contributed by atoms with Gasteiger partial charge in [-0.2, -0.15) is 5.26 Å². The molecule has 3 rings (SSSR count). The minimum Gasteiger partial charge on any atom is -0.443 e. The number of rotatable bonds is 5. The molecule has 0 saturated heterocycles. The minimum atomic E-state index is -0.652. The number of H-pyrrole nitrogens is 1. The van der Waals surface area contributed by atoms with Gasteiger partial charge in [0.1, 0.15) is 28.8 Å². The van der Waals surface area contributed by atoms with E-state index in [0.29, 0.717) is 41.8 Å². The van der Waals surface area contributed by atoms with Crippen LogP contribution in [0.15, 0.2) is 24.5 Å². The first-order valence-electron chi connectivity index (χ1n) is 9.95. The fourth-order valence-electron chi connectivity index (χ4n) is 3.26. The third-order valence-corrected chi connectivity index (χ3v) is 4.69. The highest BCUT2D eigenvalue weighted by Crippen LogP contribution is 2.30. The summed E-state index contributed by atoms with van der Waals surface area (Å²) in [6.07, 6.45) is 2.00. The largest absolute Gasteiger partial charge is 0.443 e. The van der Waals surface area contributed by atoms with Crippen LogP contribution in [0.4, 0.5) is 20.8 Å². The first kappa shape index (κ1) is 22.0. The number of nitriles is 1. The first-order valence-corrected chi connectivity index (χ1v) is 9.95. The summed E-state index contributed by atoms with van der Waals surface area (Å²) in [5.74, 6) is 0.0477. The van der Waals surface area contributed by atoms with Gasteiger partial charge in [0.2, 0.25) is 0 Å². The van der Waals surface area contributed by atoms with E-state index in [1.807, 2.05) is 13.0 Å². The molecule has 0 aliphatic heterocycles. The number of halogens is 1. The average Bonchev–Trinajstić information content (AvgIpc) is 3.17. The van der Waals surface area contributed by atoms with E-state index in [1.165, 1.54) is 23.4 Å². The second kappa shape index (κ2) is 8.60. The molecule has 1 amide bonds. The predicted molar refractivity (Wildman–Crippen MR) is 116 cm³/mol. The van der Waals surface area contributed by atoms with Crippen molar-refractivity contribution in [3.05, 3.63) is 47.0 Å². The summed E-state index contributed by atoms with van der Waals surface area (Å²) in [5, 5.41) is 9.03. The molecule has 162 valence electrons. The van der Waals surface area contributed by atoms with E-state index in [9.17, 15) is 9.18 Å². The van der Waals surface area contributed by atoms with E-state index in [-0.39, 0.29) is 11.4 Å². The summed E-state index contributed by atoms with van der Waals surface area (Å²) >= 11 is 0. The van der Waals surface area contributed by atoms with Gasteiger partial charge in [-0.25, -0.2) is 19.2 Å². The van der Waals surface area contributed by atoms with Crippen LogP contribution in [-0.2, 0) is 17.6 Å². The van der Waals surface area contributed by atoms with Crippen LogP contribution in [0.5, 0.6) is 0 Å². The van der Waals surface area contributed by atoms with Crippen molar-refractivity contribution in [3.63, 3.8) is 0 Å². The highest BCUT2D eigenvalue weighted by molar-refractivity contribution is 5.99. The molecule has 9 heteroatoms. The molecule has 0 radical (unpaired) electrons. The molecule has 1 aromatic carbocycles. The number of carbonyl (C=O) groups is 1. The van der Waals surface area contributed by atoms with Crippen molar-refractivity contribution < 1.29 is 13.9 Å². The lowest BCUT2D eigenvalue weighted by molar-refractivity contribution is 0.0581. The Morgan fingerprint density at radius 1 is 1.35 bits per heavy atom. The number of hydrogen-bond donors (Lipinski definition) is 2. The summed E-state index contributed by atoms with van der Waals surface area (Å²) in [5.41, 5.74) is 8.29. The van der Waals surface area contributed by atoms with E-state index < -0.39 is 17.5 Å². The molecule has 0 atom stereocenters. The maximum absolute atomic E-state index is 13.6. The third-order valence-electron chi connectivity index (χ3n) is 4.69. The summed E-state index contributed by atoms with van der Waals surface area (Å²) < 4.78 is 19.1. The Balaban J connectivity index is 1.94. The molecular weight excluding hydrogens is 399 g/mol. The molecular formula is C22H25FN6O2. The van der Waals surface area contributed by atoms with Crippen molar-refractivity contribution in [1.82, 2.24) is 15.0 Å². The van der Waals surface area contributed by atoms with Crippen LogP contribution in [0, 0.1) is 17.1 Å². The number of pyridine rings is 1. The molecule has 0 aliphatic carbocycles. The number of amides is 1. The Kier molecular flexibility index (Phi) is 6.11. The number of nitrogen functional groups attached to an aromatic ring is 1. The Morgan fingerprint density at radius 3 is 2.74 bits per heavy atom. The highest BCUT2D eigenvalue weighted by Gasteiger charge is 2.26. The van der Waals surface area contributed by atoms with Crippen molar-refractivity contribution in [1.29, 1.82) is 5.26 Å². The lowest BCUT2D eigenvalue weighted by Gasteiger charge is -2.26. The summed E-state index contributed by atoms with van der Waals surface area (Å²) in [4.78, 5) is 26.0. The van der Waals surface area contributed by atoms with E-state index in [1.54, 1.807) is 26.8 Å². The smallest absolute Gasteiger partial charge is 0.416 e. The maximum atomic E-state index is 13.6. The standard InChI is InChI=1S/C22H25FN6O2/c1-5-29(21(30)31-22(2,3)4)20-18-17(26-12-27-18)15(19(25)28-20)8-6-13-7-9-16(23)14(10-13)11-24/h7,9-10,12H,5-6,8H2,1-4H3,(H2,25,28)(H,26,27). The average molecular weight is 424 g/mol. The van der Waals surface area contributed by atoms with Gasteiger partial charge in [-0.3, -0.25) is 4.90 Å². The number of aromatic amines is 1. The maximum Gasteiger partial charge on any atom is 0.416 e. The van der Waals surface area contributed by atoms with Crippen LogP contribution < -0.4 is 10.6 Å². The Bertz CT molecular complexity index is 1160. The van der Waals surface area contributed by atoms with Crippen molar-refractivity contribution in [2.24, 2.45) is 0 Å². The van der Waals surface area contributed by atoms with Crippen molar-refractivity contribution in [2.45, 2.75) is 46.1 Å². The minimum absolute atomic E-state index is 0.000176. The number of aromatic nitrogens is 3. The number of fused-ring (bicyclic) bond motifs is 1. The SMILES string of the molecule is CCN(C(=O)OC(C)(C)C)c1nc(N)c(CCc2ccc(F)c(C#N)c2)c2nc[nH]c12. The van der Waals surface area contributed by atoms with Gasteiger partial charge in [-0.1, -0.05) is 6.07 Å². The van der Waals surface area contributed by atoms with Crippen molar-refractivity contribution >= 4 is 28.8 Å². The van der Waals surface area contributed by atoms with Crippen molar-refractivity contribution in [2.75, 3.05) is 17.2 Å². The zero-order valence-corrected chi connectivity index (χ0v) is 18.0. The molecule has 0 fully saturated rings. The third kappa shape index (κ3) is 4.74. The molecule has 31 heavy (non-hydrogen) atoms. The summed E-state index contributed by atoms with van der Waals surface area (Å²) in [6, 6.07) is 6.29. The van der Waals surface area contributed by atoms with Crippen LogP contribution in [0.25, 0.3) is 11.0 Å². The van der Waals surface area contributed by atoms with Gasteiger partial charge in [0.05, 0.1) is 17.4 Å². The Hall–Kier alpha value is -3.67. The van der Waals surface area contributed by atoms with E-state index in [0.717, 1.165) is 5.56 Å². The second-order valence-corrected chi connectivity index (χ2v) is 8.08. The Morgan fingerprint density at radius 2 is 2.10 bits per heavy atom. The van der Waals surface area contributed by atoms with Gasteiger partial charge in [-0.05, 0) is 58.2 Å². The molecule has 0 unspecified atom stereocenters. The van der Waals surface area contributed by atoms with Gasteiger partial charge >= 0.3 is 6.09 Å². The van der Waals surface area contributed by atoms with Gasteiger partial charge in [0.25, 0.3) is 0 Å². The van der Waals surface area contributed by atoms with Gasteiger partial charge in [0.15, 0.2) is 5.82 Å². The quantitative estimate of drug-likeness (QED) is 0.636. The van der Waals surface area contributed by atoms with Crippen molar-refractivity contribution in [3.8, 4) is 6.07 Å². The van der Waals surface area contributed by atoms with Crippen LogP contribution in [-0.4, -0.2) is 33.2 Å². The van der Waals surface area contributed by atoms with E-state index >= 15 is 0 Å². The number of nitrogens with two attached hydrogens (primary N) is 1. The normalized spacial score (nSPS) is 11.4. The molecule has 8 nitrogen and oxygen atoms in total. The number of nitrogens with zero attached hydrogens (tertiary/aromatic N) is 4. The number of nitrogens with one attached hydrogen (secondary N) is 1. The van der Waals surface area contributed by atoms with Crippen LogP contribution >= 0.6 is 0 Å². The van der Waals surface area contributed by atoms with E-state index in [2.05, 4.69) is 15.0 Å². The number of aryl methyl sites for hydroxylation is 2. The number of imidazole rings is 1. The zero-order valence-electron chi connectivity index (χ0n) is 18.0. The van der Waals surface area contributed by atoms with Gasteiger partial charge in [0, 0.05) is 12.1 Å². The fraction of sp³-hybridized carbons (Fsp3) is 0.364. The monoisotopic (exact) mass is 424 g/mol. The van der Waals surface area contributed by atoms with Gasteiger partial charge < -0.3 is 15.5 Å². The number of hydrogen-bond acceptors (Lipinski definition) is 6. The number of benzene rings is 1. The lowest BCUT2D eigenvalue weighted by Crippen LogP contribution is -2.37. The first-order chi connectivity index (χ1) is 14.6. The molecule has 0 spiro atoms. The number of anilines is 2. The van der Waals surface area contributed by atoms with Crippen LogP contribution in [0.3, 0.4) is 0 Å². The second-order valence-electron chi connectivity index (χ2n) is 8.08. The highest BCUT2D eigenvalue weighted by atomic mass is 19.1. The molecule has 3 N–H and O–H groups in total. The van der Waals surface area contributed by atoms with Crippen LogP contribution in [0.1, 0.15) is 44.4 Å². The fourth-order valence-corrected chi connectivity index (χ4v) is 3.26. The molecule has 3 aromatic rings. The summed E-state index contributed by atoms with van der Waals surface area (Å²) in [6.45, 7) is 7.54. The molecule has 2 heterocycles. The molecule has 2 aromatic heterocycles. The molecule has 0 saturated carbocycles. The van der Waals surface area contributed by atoms with Crippen LogP contribution in [0.2, 0.25) is 0 Å². The summed E-state index contributed by atoms with van der Waals surface area (Å²) in [7, 11) is 0. The Labute approximate surface area is 179 Å². The zero-order chi connectivity index (χ0) is 22.8.